The van der Waals surface area contributed by atoms with Crippen LogP contribution in [0.4, 0.5) is 0 Å². The molecule has 138 valence electrons. The van der Waals surface area contributed by atoms with E-state index in [1.165, 1.54) is 4.90 Å². The van der Waals surface area contributed by atoms with Crippen LogP contribution >= 0.6 is 23.8 Å². The van der Waals surface area contributed by atoms with Gasteiger partial charge in [0.05, 0.1) is 0 Å². The Morgan fingerprint density at radius 3 is 2.52 bits per heavy atom. The average Bonchev–Trinajstić information content (AvgIpc) is 2.66. The molecule has 0 aliphatic carbocycles. The molecule has 1 N–H and O–H groups in total. The summed E-state index contributed by atoms with van der Waals surface area (Å²) in [5, 5.41) is 3.31. The molecule has 0 bridgehead atoms. The second-order valence-corrected chi connectivity index (χ2v) is 6.61. The van der Waals surface area contributed by atoms with E-state index in [0.717, 1.165) is 5.56 Å². The standard InChI is InChI=1S/C20H17ClN2O3S/c1-2-23-19(25)16(18(24)22-20(23)27)11-13-7-9-15(10-8-13)26-12-14-5-3-4-6-17(14)21/h3-11H,2,12H2,1H3,(H,22,24,27)/b16-11+. The molecule has 0 radical (unpaired) electrons. The smallest absolute Gasteiger partial charge is 0.265 e. The third kappa shape index (κ3) is 4.35. The van der Waals surface area contributed by atoms with Crippen molar-refractivity contribution in [2.24, 2.45) is 0 Å². The molecule has 1 aliphatic heterocycles. The largest absolute Gasteiger partial charge is 0.489 e. The Kier molecular flexibility index (Phi) is 5.88. The Morgan fingerprint density at radius 2 is 1.85 bits per heavy atom. The topological polar surface area (TPSA) is 58.6 Å². The minimum atomic E-state index is -0.492. The van der Waals surface area contributed by atoms with Gasteiger partial charge in [-0.1, -0.05) is 41.9 Å². The molecule has 2 aromatic rings. The lowest BCUT2D eigenvalue weighted by molar-refractivity contribution is -0.128. The molecule has 3 rings (SSSR count). The maximum atomic E-state index is 12.4. The van der Waals surface area contributed by atoms with Crippen molar-refractivity contribution in [3.05, 3.63) is 70.3 Å². The van der Waals surface area contributed by atoms with Crippen molar-refractivity contribution in [2.45, 2.75) is 13.5 Å². The minimum absolute atomic E-state index is 0.0511. The zero-order chi connectivity index (χ0) is 19.4. The Hall–Kier alpha value is -2.70. The molecule has 0 aromatic heterocycles. The molecule has 0 spiro atoms. The molecule has 1 aliphatic rings. The number of carbonyl (C=O) groups excluding carboxylic acids is 2. The maximum Gasteiger partial charge on any atom is 0.265 e. The van der Waals surface area contributed by atoms with Crippen LogP contribution in [0, 0.1) is 0 Å². The number of likely N-dealkylation sites (N-methyl/N-ethyl adjacent to an activating group) is 1. The van der Waals surface area contributed by atoms with E-state index < -0.39 is 11.8 Å². The number of halogens is 1. The summed E-state index contributed by atoms with van der Waals surface area (Å²) in [6.07, 6.45) is 1.54. The number of hydrogen-bond donors (Lipinski definition) is 1. The van der Waals surface area contributed by atoms with Gasteiger partial charge in [-0.05, 0) is 49.0 Å². The van der Waals surface area contributed by atoms with E-state index in [1.54, 1.807) is 37.3 Å². The molecule has 1 fully saturated rings. The summed E-state index contributed by atoms with van der Waals surface area (Å²) in [5.74, 6) is -0.230. The molecule has 0 saturated carbocycles. The number of carbonyl (C=O) groups is 2. The van der Waals surface area contributed by atoms with Crippen LogP contribution in [-0.2, 0) is 16.2 Å². The first-order valence-electron chi connectivity index (χ1n) is 8.34. The first kappa shape index (κ1) is 19.1. The summed E-state index contributed by atoms with van der Waals surface area (Å²) in [6, 6.07) is 14.6. The van der Waals surface area contributed by atoms with Gasteiger partial charge in [0.1, 0.15) is 17.9 Å². The lowest BCUT2D eigenvalue weighted by Crippen LogP contribution is -2.53. The van der Waals surface area contributed by atoms with Gasteiger partial charge in [-0.25, -0.2) is 0 Å². The van der Waals surface area contributed by atoms with Crippen molar-refractivity contribution in [2.75, 3.05) is 6.54 Å². The number of amides is 2. The normalized spacial score (nSPS) is 15.9. The first-order chi connectivity index (χ1) is 13.0. The monoisotopic (exact) mass is 400 g/mol. The van der Waals surface area contributed by atoms with Gasteiger partial charge < -0.3 is 4.74 Å². The van der Waals surface area contributed by atoms with E-state index in [9.17, 15) is 9.59 Å². The average molecular weight is 401 g/mol. The fourth-order valence-electron chi connectivity index (χ4n) is 2.58. The zero-order valence-electron chi connectivity index (χ0n) is 14.6. The molecule has 7 heteroatoms. The second kappa shape index (κ2) is 8.33. The highest BCUT2D eigenvalue weighted by Crippen LogP contribution is 2.20. The second-order valence-electron chi connectivity index (χ2n) is 5.82. The fraction of sp³-hybridized carbons (Fsp3) is 0.150. The number of nitrogens with zero attached hydrogens (tertiary/aromatic N) is 1. The van der Waals surface area contributed by atoms with E-state index in [0.29, 0.717) is 29.5 Å². The molecule has 2 amide bonds. The molecular weight excluding hydrogens is 384 g/mol. The predicted molar refractivity (Wildman–Crippen MR) is 108 cm³/mol. The van der Waals surface area contributed by atoms with Gasteiger partial charge in [-0.15, -0.1) is 0 Å². The van der Waals surface area contributed by atoms with Gasteiger partial charge >= 0.3 is 0 Å². The Balaban J connectivity index is 1.72. The van der Waals surface area contributed by atoms with Crippen LogP contribution in [0.1, 0.15) is 18.1 Å². The van der Waals surface area contributed by atoms with E-state index in [-0.39, 0.29) is 10.7 Å². The SMILES string of the molecule is CCN1C(=O)/C(=C/c2ccc(OCc3ccccc3Cl)cc2)C(=O)NC1=S. The number of ether oxygens (including phenoxy) is 1. The number of hydrogen-bond acceptors (Lipinski definition) is 4. The van der Waals surface area contributed by atoms with Gasteiger partial charge in [-0.2, -0.15) is 0 Å². The first-order valence-corrected chi connectivity index (χ1v) is 9.13. The number of thiocarbonyl (C=S) groups is 1. The van der Waals surface area contributed by atoms with Crippen LogP contribution in [0.5, 0.6) is 5.75 Å². The number of benzene rings is 2. The Morgan fingerprint density at radius 1 is 1.15 bits per heavy atom. The maximum absolute atomic E-state index is 12.4. The molecule has 1 heterocycles. The van der Waals surface area contributed by atoms with Crippen LogP contribution in [-0.4, -0.2) is 28.4 Å². The van der Waals surface area contributed by atoms with E-state index in [4.69, 9.17) is 28.6 Å². The molecule has 1 saturated heterocycles. The van der Waals surface area contributed by atoms with Crippen molar-refractivity contribution >= 4 is 46.8 Å². The van der Waals surface area contributed by atoms with Gasteiger partial charge in [-0.3, -0.25) is 19.8 Å². The van der Waals surface area contributed by atoms with Crippen molar-refractivity contribution < 1.29 is 14.3 Å². The summed E-state index contributed by atoms with van der Waals surface area (Å²) in [5.41, 5.74) is 1.66. The van der Waals surface area contributed by atoms with Crippen LogP contribution in [0.3, 0.4) is 0 Å². The van der Waals surface area contributed by atoms with E-state index >= 15 is 0 Å². The van der Waals surface area contributed by atoms with Crippen molar-refractivity contribution in [1.29, 1.82) is 0 Å². The molecule has 5 nitrogen and oxygen atoms in total. The van der Waals surface area contributed by atoms with Gasteiger partial charge in [0.25, 0.3) is 11.8 Å². The quantitative estimate of drug-likeness (QED) is 0.473. The zero-order valence-corrected chi connectivity index (χ0v) is 16.1. The van der Waals surface area contributed by atoms with Crippen LogP contribution in [0.2, 0.25) is 5.02 Å². The Bertz CT molecular complexity index is 925. The van der Waals surface area contributed by atoms with Crippen LogP contribution < -0.4 is 10.1 Å². The van der Waals surface area contributed by atoms with Gasteiger partial charge in [0.15, 0.2) is 5.11 Å². The van der Waals surface area contributed by atoms with Gasteiger partial charge in [0, 0.05) is 17.1 Å². The highest BCUT2D eigenvalue weighted by Gasteiger charge is 2.32. The molecular formula is C20H17ClN2O3S. The third-order valence-corrected chi connectivity index (χ3v) is 4.74. The lowest BCUT2D eigenvalue weighted by Gasteiger charge is -2.27. The number of nitrogens with one attached hydrogen (secondary N) is 1. The molecule has 27 heavy (non-hydrogen) atoms. The van der Waals surface area contributed by atoms with Crippen LogP contribution in [0.15, 0.2) is 54.1 Å². The lowest BCUT2D eigenvalue weighted by atomic mass is 10.1. The highest BCUT2D eigenvalue weighted by molar-refractivity contribution is 7.80. The summed E-state index contributed by atoms with van der Waals surface area (Å²) in [4.78, 5) is 25.9. The van der Waals surface area contributed by atoms with Gasteiger partial charge in [0.2, 0.25) is 0 Å². The van der Waals surface area contributed by atoms with Crippen molar-refractivity contribution in [3.63, 3.8) is 0 Å². The summed E-state index contributed by atoms with van der Waals surface area (Å²) in [6.45, 7) is 2.54. The molecule has 2 aromatic carbocycles. The summed E-state index contributed by atoms with van der Waals surface area (Å²) in [7, 11) is 0. The third-order valence-electron chi connectivity index (χ3n) is 4.05. The van der Waals surface area contributed by atoms with E-state index in [1.807, 2.05) is 24.3 Å². The minimum Gasteiger partial charge on any atom is -0.489 e. The fourth-order valence-corrected chi connectivity index (χ4v) is 3.08. The van der Waals surface area contributed by atoms with Crippen molar-refractivity contribution in [3.8, 4) is 5.75 Å². The summed E-state index contributed by atoms with van der Waals surface area (Å²) < 4.78 is 5.73. The number of rotatable bonds is 5. The highest BCUT2D eigenvalue weighted by atomic mass is 35.5. The van der Waals surface area contributed by atoms with Crippen LogP contribution in [0.25, 0.3) is 6.08 Å². The predicted octanol–water partition coefficient (Wildman–Crippen LogP) is 3.57. The van der Waals surface area contributed by atoms with Crippen molar-refractivity contribution in [1.82, 2.24) is 10.2 Å². The van der Waals surface area contributed by atoms with E-state index in [2.05, 4.69) is 5.32 Å². The molecule has 0 atom stereocenters. The molecule has 0 unspecified atom stereocenters. The summed E-state index contributed by atoms with van der Waals surface area (Å²) >= 11 is 11.1. The Labute approximate surface area is 167 Å².